The molecule has 0 amide bonds. The van der Waals surface area contributed by atoms with Gasteiger partial charge in [0, 0.05) is 30.7 Å². The predicted molar refractivity (Wildman–Crippen MR) is 91.6 cm³/mol. The van der Waals surface area contributed by atoms with E-state index >= 15 is 0 Å². The number of quaternary nitrogens is 1. The van der Waals surface area contributed by atoms with Gasteiger partial charge in [-0.15, -0.1) is 0 Å². The Morgan fingerprint density at radius 1 is 1.31 bits per heavy atom. The summed E-state index contributed by atoms with van der Waals surface area (Å²) in [4.78, 5) is 12.7. The highest BCUT2D eigenvalue weighted by molar-refractivity contribution is 5.90. The number of aliphatic hydroxyl groups is 1. The molecule has 0 aromatic heterocycles. The van der Waals surface area contributed by atoms with E-state index in [2.05, 4.69) is 0 Å². The van der Waals surface area contributed by atoms with Crippen LogP contribution < -0.4 is 4.74 Å². The van der Waals surface area contributed by atoms with Crippen molar-refractivity contribution in [3.8, 4) is 11.5 Å². The third-order valence-corrected chi connectivity index (χ3v) is 7.85. The number of hydroxylamine groups is 3. The number of carbonyl (C=O) groups excluding carboxylic acids is 1. The second-order valence-corrected chi connectivity index (χ2v) is 9.08. The Bertz CT molecular complexity index is 851. The Kier molecular flexibility index (Phi) is 2.63. The lowest BCUT2D eigenvalue weighted by Gasteiger charge is -2.67. The number of ether oxygens (including phenoxy) is 1. The SMILES string of the molecule is O=C1CC[C@@]2(O)[C@H]3Cc4ccc(O)c5c4[C@@]2(CC[N@+]3([O-])CC2CC2)[C@H]1O5. The molecule has 1 aromatic rings. The summed E-state index contributed by atoms with van der Waals surface area (Å²) >= 11 is 0. The zero-order chi connectivity index (χ0) is 17.9. The summed E-state index contributed by atoms with van der Waals surface area (Å²) < 4.78 is 5.63. The van der Waals surface area contributed by atoms with Crippen LogP contribution in [0.1, 0.15) is 43.2 Å². The molecular weight excluding hydrogens is 334 g/mol. The molecule has 6 nitrogen and oxygen atoms in total. The van der Waals surface area contributed by atoms with E-state index in [4.69, 9.17) is 4.74 Å². The maximum Gasteiger partial charge on any atom is 0.174 e. The van der Waals surface area contributed by atoms with Crippen LogP contribution in [-0.4, -0.2) is 51.5 Å². The molecule has 1 aromatic carbocycles. The van der Waals surface area contributed by atoms with E-state index in [1.165, 1.54) is 0 Å². The first kappa shape index (κ1) is 15.4. The first-order chi connectivity index (χ1) is 12.4. The minimum Gasteiger partial charge on any atom is -0.632 e. The lowest BCUT2D eigenvalue weighted by atomic mass is 9.49. The van der Waals surface area contributed by atoms with Crippen molar-refractivity contribution >= 4 is 5.78 Å². The molecule has 5 atom stereocenters. The Balaban J connectivity index is 1.60. The van der Waals surface area contributed by atoms with E-state index in [1.54, 1.807) is 6.07 Å². The smallest absolute Gasteiger partial charge is 0.174 e. The van der Waals surface area contributed by atoms with Gasteiger partial charge in [0.2, 0.25) is 0 Å². The Labute approximate surface area is 151 Å². The average Bonchev–Trinajstić information content (AvgIpc) is 3.32. The van der Waals surface area contributed by atoms with Crippen molar-refractivity contribution in [2.24, 2.45) is 5.92 Å². The van der Waals surface area contributed by atoms with Crippen LogP contribution in [0, 0.1) is 11.1 Å². The molecular formula is C20H23NO5. The number of hydrogen-bond donors (Lipinski definition) is 2. The molecule has 26 heavy (non-hydrogen) atoms. The van der Waals surface area contributed by atoms with Crippen molar-refractivity contribution in [3.05, 3.63) is 28.5 Å². The molecule has 5 aliphatic rings. The number of ketones is 1. The summed E-state index contributed by atoms with van der Waals surface area (Å²) in [5.74, 6) is 0.827. The fourth-order valence-corrected chi connectivity index (χ4v) is 6.54. The van der Waals surface area contributed by atoms with Crippen molar-refractivity contribution in [1.82, 2.24) is 0 Å². The molecule has 6 rings (SSSR count). The maximum absolute atomic E-state index is 13.9. The van der Waals surface area contributed by atoms with Crippen LogP contribution in [0.4, 0.5) is 0 Å². The van der Waals surface area contributed by atoms with E-state index < -0.39 is 23.2 Å². The number of hydrogen-bond acceptors (Lipinski definition) is 5. The fourth-order valence-electron chi connectivity index (χ4n) is 6.54. The monoisotopic (exact) mass is 357 g/mol. The molecule has 0 unspecified atom stereocenters. The van der Waals surface area contributed by atoms with E-state index in [0.29, 0.717) is 44.0 Å². The number of benzene rings is 1. The lowest BCUT2D eigenvalue weighted by Crippen LogP contribution is -2.80. The van der Waals surface area contributed by atoms with Gasteiger partial charge in [0.1, 0.15) is 11.6 Å². The van der Waals surface area contributed by atoms with Gasteiger partial charge >= 0.3 is 0 Å². The summed E-state index contributed by atoms with van der Waals surface area (Å²) in [5.41, 5.74) is -0.359. The van der Waals surface area contributed by atoms with E-state index in [-0.39, 0.29) is 22.6 Å². The Morgan fingerprint density at radius 3 is 2.88 bits per heavy atom. The molecule has 2 N–H and O–H groups in total. The molecule has 1 saturated heterocycles. The largest absolute Gasteiger partial charge is 0.632 e. The van der Waals surface area contributed by atoms with Crippen LogP contribution in [0.25, 0.3) is 0 Å². The molecule has 3 fully saturated rings. The second kappa shape index (κ2) is 4.43. The average molecular weight is 357 g/mol. The number of carbonyl (C=O) groups is 1. The molecule has 2 bridgehead atoms. The normalized spacial score (nSPS) is 45.2. The van der Waals surface area contributed by atoms with Crippen LogP contribution >= 0.6 is 0 Å². The van der Waals surface area contributed by atoms with Crippen LogP contribution in [0.15, 0.2) is 12.1 Å². The summed E-state index contributed by atoms with van der Waals surface area (Å²) in [6.45, 7) is 0.980. The van der Waals surface area contributed by atoms with Crippen molar-refractivity contribution in [2.45, 2.75) is 61.7 Å². The van der Waals surface area contributed by atoms with Crippen LogP contribution in [-0.2, 0) is 16.6 Å². The summed E-state index contributed by atoms with van der Waals surface area (Å²) in [7, 11) is 0. The lowest BCUT2D eigenvalue weighted by molar-refractivity contribution is -0.923. The summed E-state index contributed by atoms with van der Waals surface area (Å²) in [6.07, 6.45) is 2.91. The van der Waals surface area contributed by atoms with Gasteiger partial charge in [-0.05, 0) is 30.9 Å². The number of phenolic OH excluding ortho intramolecular Hbond substituents is 1. The zero-order valence-corrected chi connectivity index (χ0v) is 14.6. The molecule has 2 aliphatic heterocycles. The highest BCUT2D eigenvalue weighted by Crippen LogP contribution is 2.66. The van der Waals surface area contributed by atoms with Gasteiger partial charge in [0.25, 0.3) is 0 Å². The van der Waals surface area contributed by atoms with Gasteiger partial charge in [0.05, 0.1) is 18.5 Å². The summed E-state index contributed by atoms with van der Waals surface area (Å²) in [6, 6.07) is 2.98. The van der Waals surface area contributed by atoms with Crippen molar-refractivity contribution in [2.75, 3.05) is 13.1 Å². The molecule has 138 valence electrons. The zero-order valence-electron chi connectivity index (χ0n) is 14.6. The molecule has 2 saturated carbocycles. The molecule has 2 heterocycles. The standard InChI is InChI=1S/C20H23NO5/c22-13-4-3-12-9-15-20(24)6-5-14(23)18-19(20,16(12)17(13)26-18)7-8-21(15,25)10-11-1-2-11/h3-4,11,15,18,22,24H,1-2,5-10H2/t15-,18+,19+,20-,21+/m1/s1. The number of phenols is 1. The van der Waals surface area contributed by atoms with Crippen LogP contribution in [0.2, 0.25) is 0 Å². The van der Waals surface area contributed by atoms with Crippen molar-refractivity contribution < 1.29 is 24.4 Å². The summed E-state index contributed by atoms with van der Waals surface area (Å²) in [5, 5.41) is 36.1. The Morgan fingerprint density at radius 2 is 2.12 bits per heavy atom. The number of Topliss-reactive ketones (excluding diaryl/α,β-unsaturated/α-hetero) is 1. The fraction of sp³-hybridized carbons (Fsp3) is 0.650. The van der Waals surface area contributed by atoms with Crippen LogP contribution in [0.5, 0.6) is 11.5 Å². The minimum absolute atomic E-state index is 0.0209. The number of likely N-dealkylation sites (tertiary alicyclic amines) is 1. The van der Waals surface area contributed by atoms with E-state index in [0.717, 1.165) is 24.0 Å². The highest BCUT2D eigenvalue weighted by atomic mass is 16.6. The molecule has 3 aliphatic carbocycles. The minimum atomic E-state index is -1.24. The van der Waals surface area contributed by atoms with Gasteiger partial charge in [-0.1, -0.05) is 6.07 Å². The van der Waals surface area contributed by atoms with Gasteiger partial charge in [-0.2, -0.15) is 0 Å². The maximum atomic E-state index is 13.9. The van der Waals surface area contributed by atoms with Crippen LogP contribution in [0.3, 0.4) is 0 Å². The number of aromatic hydroxyl groups is 1. The molecule has 1 spiro atoms. The van der Waals surface area contributed by atoms with Gasteiger partial charge < -0.3 is 24.8 Å². The third kappa shape index (κ3) is 1.54. The Hall–Kier alpha value is -1.63. The topological polar surface area (TPSA) is 89.8 Å². The van der Waals surface area contributed by atoms with Crippen molar-refractivity contribution in [3.63, 3.8) is 0 Å². The second-order valence-electron chi connectivity index (χ2n) is 9.08. The third-order valence-electron chi connectivity index (χ3n) is 7.85. The number of rotatable bonds is 2. The van der Waals surface area contributed by atoms with Crippen molar-refractivity contribution in [1.29, 1.82) is 0 Å². The van der Waals surface area contributed by atoms with Gasteiger partial charge in [-0.3, -0.25) is 4.79 Å². The van der Waals surface area contributed by atoms with E-state index in [1.807, 2.05) is 6.07 Å². The van der Waals surface area contributed by atoms with Gasteiger partial charge in [-0.25, -0.2) is 0 Å². The predicted octanol–water partition coefficient (Wildman–Crippen LogP) is 1.54. The first-order valence-electron chi connectivity index (χ1n) is 9.74. The van der Waals surface area contributed by atoms with Gasteiger partial charge in [0.15, 0.2) is 23.4 Å². The quantitative estimate of drug-likeness (QED) is 0.619. The first-order valence-corrected chi connectivity index (χ1v) is 9.74. The van der Waals surface area contributed by atoms with E-state index in [9.17, 15) is 20.2 Å². The molecule has 0 radical (unpaired) electrons. The number of piperidine rings is 1. The molecule has 6 heteroatoms. The number of nitrogens with zero attached hydrogens (tertiary/aromatic N) is 1. The highest BCUT2D eigenvalue weighted by Gasteiger charge is 2.76.